The Kier molecular flexibility index (Phi) is 8.22. The lowest BCUT2D eigenvalue weighted by Gasteiger charge is -2.17. The van der Waals surface area contributed by atoms with Gasteiger partial charge in [-0.1, -0.05) is 12.1 Å². The van der Waals surface area contributed by atoms with E-state index in [0.717, 1.165) is 18.2 Å². The first-order chi connectivity index (χ1) is 14.9. The Bertz CT molecular complexity index is 1060. The molecule has 2 aromatic carbocycles. The van der Waals surface area contributed by atoms with Crippen LogP contribution in [0, 0.1) is 0 Å². The van der Waals surface area contributed by atoms with Crippen molar-refractivity contribution in [3.05, 3.63) is 54.1 Å². The summed E-state index contributed by atoms with van der Waals surface area (Å²) in [5.74, 6) is -0.709. The molecule has 2 rings (SSSR count). The zero-order chi connectivity index (χ0) is 23.9. The van der Waals surface area contributed by atoms with E-state index in [9.17, 15) is 31.2 Å². The summed E-state index contributed by atoms with van der Waals surface area (Å²) in [5, 5.41) is 5.02. The standard InChI is InChI=1S/C20H22F3N3O5S/c1-3-24-18(27)12-31-15-10-8-14(9-11-15)25-19(28)13(2)26-32(29,30)17-7-5-4-6-16(17)20(21,22)23/h4-11,13,26H,3,12H2,1-2H3,(H,24,27)(H,25,28)/t13-/m0/s1. The van der Waals surface area contributed by atoms with E-state index in [0.29, 0.717) is 24.0 Å². The molecule has 0 saturated carbocycles. The summed E-state index contributed by atoms with van der Waals surface area (Å²) in [6.45, 7) is 3.26. The van der Waals surface area contributed by atoms with Gasteiger partial charge < -0.3 is 15.4 Å². The first kappa shape index (κ1) is 25.1. The van der Waals surface area contributed by atoms with Crippen LogP contribution >= 0.6 is 0 Å². The van der Waals surface area contributed by atoms with Gasteiger partial charge in [-0.3, -0.25) is 9.59 Å². The number of ether oxygens (including phenoxy) is 1. The van der Waals surface area contributed by atoms with Crippen molar-refractivity contribution in [2.45, 2.75) is 31.0 Å². The minimum absolute atomic E-state index is 0.183. The topological polar surface area (TPSA) is 114 Å². The van der Waals surface area contributed by atoms with Crippen molar-refractivity contribution >= 4 is 27.5 Å². The summed E-state index contributed by atoms with van der Waals surface area (Å²) in [6.07, 6.45) is -4.88. The average Bonchev–Trinajstić information content (AvgIpc) is 2.72. The summed E-state index contributed by atoms with van der Waals surface area (Å²) >= 11 is 0. The van der Waals surface area contributed by atoms with Gasteiger partial charge in [0.05, 0.1) is 16.5 Å². The van der Waals surface area contributed by atoms with Crippen molar-refractivity contribution < 1.29 is 35.9 Å². The average molecular weight is 473 g/mol. The molecule has 2 aromatic rings. The van der Waals surface area contributed by atoms with Crippen LogP contribution in [-0.2, 0) is 25.8 Å². The van der Waals surface area contributed by atoms with E-state index < -0.39 is 38.6 Å². The molecule has 32 heavy (non-hydrogen) atoms. The van der Waals surface area contributed by atoms with E-state index in [-0.39, 0.29) is 12.5 Å². The Balaban J connectivity index is 2.02. The molecule has 8 nitrogen and oxygen atoms in total. The molecule has 0 aromatic heterocycles. The number of carbonyl (C=O) groups is 2. The summed E-state index contributed by atoms with van der Waals surface area (Å²) < 4.78 is 71.5. The number of alkyl halides is 3. The van der Waals surface area contributed by atoms with E-state index in [4.69, 9.17) is 4.74 Å². The molecule has 0 heterocycles. The van der Waals surface area contributed by atoms with Gasteiger partial charge in [-0.05, 0) is 50.2 Å². The summed E-state index contributed by atoms with van der Waals surface area (Å²) in [4.78, 5) is 22.7. The molecule has 0 spiro atoms. The molecular weight excluding hydrogens is 451 g/mol. The molecule has 174 valence electrons. The van der Waals surface area contributed by atoms with Crippen molar-refractivity contribution in [1.29, 1.82) is 0 Å². The van der Waals surface area contributed by atoms with Gasteiger partial charge in [0.1, 0.15) is 5.75 Å². The summed E-state index contributed by atoms with van der Waals surface area (Å²) in [5.41, 5.74) is -1.04. The zero-order valence-corrected chi connectivity index (χ0v) is 18.0. The Hall–Kier alpha value is -3.12. The highest BCUT2D eigenvalue weighted by Gasteiger charge is 2.37. The fourth-order valence-electron chi connectivity index (χ4n) is 2.57. The van der Waals surface area contributed by atoms with Gasteiger partial charge in [-0.2, -0.15) is 17.9 Å². The fourth-order valence-corrected chi connectivity index (χ4v) is 4.00. The number of hydrogen-bond acceptors (Lipinski definition) is 5. The maximum Gasteiger partial charge on any atom is 0.417 e. The van der Waals surface area contributed by atoms with Crippen molar-refractivity contribution in [2.75, 3.05) is 18.5 Å². The van der Waals surface area contributed by atoms with Gasteiger partial charge in [0, 0.05) is 12.2 Å². The number of nitrogens with one attached hydrogen (secondary N) is 3. The van der Waals surface area contributed by atoms with E-state index in [1.165, 1.54) is 31.2 Å². The van der Waals surface area contributed by atoms with Crippen molar-refractivity contribution in [3.8, 4) is 5.75 Å². The minimum atomic E-state index is -4.88. The molecule has 2 amide bonds. The number of amides is 2. The van der Waals surface area contributed by atoms with Crippen molar-refractivity contribution in [2.24, 2.45) is 0 Å². The van der Waals surface area contributed by atoms with Gasteiger partial charge in [-0.25, -0.2) is 8.42 Å². The Morgan fingerprint density at radius 3 is 2.28 bits per heavy atom. The van der Waals surface area contributed by atoms with E-state index in [1.807, 2.05) is 4.72 Å². The van der Waals surface area contributed by atoms with Crippen LogP contribution in [0.4, 0.5) is 18.9 Å². The molecule has 0 saturated heterocycles. The number of carbonyl (C=O) groups excluding carboxylic acids is 2. The highest BCUT2D eigenvalue weighted by atomic mass is 32.2. The predicted octanol–water partition coefficient (Wildman–Crippen LogP) is 2.53. The minimum Gasteiger partial charge on any atom is -0.484 e. The monoisotopic (exact) mass is 473 g/mol. The molecule has 12 heteroatoms. The third-order valence-corrected chi connectivity index (χ3v) is 5.67. The van der Waals surface area contributed by atoms with Crippen LogP contribution in [0.2, 0.25) is 0 Å². The molecule has 3 N–H and O–H groups in total. The fraction of sp³-hybridized carbons (Fsp3) is 0.300. The molecule has 0 aliphatic carbocycles. The van der Waals surface area contributed by atoms with Crippen LogP contribution in [0.1, 0.15) is 19.4 Å². The maximum absolute atomic E-state index is 13.1. The summed E-state index contributed by atoms with van der Waals surface area (Å²) in [6, 6.07) is 8.23. The molecule has 0 radical (unpaired) electrons. The Morgan fingerprint density at radius 2 is 1.69 bits per heavy atom. The predicted molar refractivity (Wildman–Crippen MR) is 110 cm³/mol. The van der Waals surface area contributed by atoms with Crippen LogP contribution in [0.25, 0.3) is 0 Å². The third-order valence-electron chi connectivity index (χ3n) is 4.07. The van der Waals surface area contributed by atoms with E-state index in [2.05, 4.69) is 10.6 Å². The highest BCUT2D eigenvalue weighted by molar-refractivity contribution is 7.89. The number of halogens is 3. The van der Waals surface area contributed by atoms with Crippen LogP contribution in [0.5, 0.6) is 5.75 Å². The molecule has 0 aliphatic rings. The van der Waals surface area contributed by atoms with Gasteiger partial charge in [-0.15, -0.1) is 0 Å². The van der Waals surface area contributed by atoms with E-state index >= 15 is 0 Å². The molecular formula is C20H22F3N3O5S. The molecule has 0 aliphatic heterocycles. The second-order valence-electron chi connectivity index (χ2n) is 6.59. The van der Waals surface area contributed by atoms with Crippen LogP contribution in [-0.4, -0.2) is 39.4 Å². The normalized spacial score (nSPS) is 12.7. The molecule has 1 atom stereocenters. The second-order valence-corrected chi connectivity index (χ2v) is 8.28. The van der Waals surface area contributed by atoms with Crippen molar-refractivity contribution in [3.63, 3.8) is 0 Å². The lowest BCUT2D eigenvalue weighted by atomic mass is 10.2. The first-order valence-electron chi connectivity index (χ1n) is 9.43. The lowest BCUT2D eigenvalue weighted by molar-refractivity contribution is -0.139. The quantitative estimate of drug-likeness (QED) is 0.518. The molecule has 0 fully saturated rings. The molecule has 0 unspecified atom stereocenters. The third kappa shape index (κ3) is 6.95. The maximum atomic E-state index is 13.1. The van der Waals surface area contributed by atoms with Crippen LogP contribution in [0.3, 0.4) is 0 Å². The number of anilines is 1. The zero-order valence-electron chi connectivity index (χ0n) is 17.2. The van der Waals surface area contributed by atoms with Crippen LogP contribution < -0.4 is 20.1 Å². The number of hydrogen-bond donors (Lipinski definition) is 3. The van der Waals surface area contributed by atoms with Crippen molar-refractivity contribution in [1.82, 2.24) is 10.0 Å². The van der Waals surface area contributed by atoms with Gasteiger partial charge in [0.15, 0.2) is 6.61 Å². The second kappa shape index (κ2) is 10.5. The van der Waals surface area contributed by atoms with Gasteiger partial charge >= 0.3 is 6.18 Å². The summed E-state index contributed by atoms with van der Waals surface area (Å²) in [7, 11) is -4.63. The first-order valence-corrected chi connectivity index (χ1v) is 10.9. The lowest BCUT2D eigenvalue weighted by Crippen LogP contribution is -2.42. The number of rotatable bonds is 9. The Morgan fingerprint density at radius 1 is 1.06 bits per heavy atom. The number of sulfonamides is 1. The SMILES string of the molecule is CCNC(=O)COc1ccc(NC(=O)[C@H](C)NS(=O)(=O)c2ccccc2C(F)(F)F)cc1. The molecule has 0 bridgehead atoms. The van der Waals surface area contributed by atoms with E-state index in [1.54, 1.807) is 6.92 Å². The number of likely N-dealkylation sites (N-methyl/N-ethyl adjacent to an activating group) is 1. The number of benzene rings is 2. The largest absolute Gasteiger partial charge is 0.484 e. The van der Waals surface area contributed by atoms with Gasteiger partial charge in [0.2, 0.25) is 15.9 Å². The van der Waals surface area contributed by atoms with Gasteiger partial charge in [0.25, 0.3) is 5.91 Å². The smallest absolute Gasteiger partial charge is 0.417 e. The highest BCUT2D eigenvalue weighted by Crippen LogP contribution is 2.33. The van der Waals surface area contributed by atoms with Crippen LogP contribution in [0.15, 0.2) is 53.4 Å². The Labute approximate surface area is 183 Å².